The Bertz CT molecular complexity index is 824. The van der Waals surface area contributed by atoms with Crippen molar-refractivity contribution in [2.45, 2.75) is 26.1 Å². The average Bonchev–Trinajstić information content (AvgIpc) is 3.22. The number of carbonyl (C=O) groups is 4. The summed E-state index contributed by atoms with van der Waals surface area (Å²) in [6.07, 6.45) is -0.675. The van der Waals surface area contributed by atoms with E-state index in [2.05, 4.69) is 9.47 Å². The summed E-state index contributed by atoms with van der Waals surface area (Å²) in [7, 11) is 2.19. The Morgan fingerprint density at radius 2 is 1.32 bits per heavy atom. The molecule has 1 aromatic rings. The molecular weight excluding hydrogens is 383 g/mol. The first-order valence-corrected chi connectivity index (χ1v) is 7.80. The van der Waals surface area contributed by atoms with Crippen molar-refractivity contribution >= 4 is 23.5 Å². The first kappa shape index (κ1) is 20.9. The topological polar surface area (TPSA) is 124 Å². The molecular formula is C17H17FO10. The van der Waals surface area contributed by atoms with E-state index in [4.69, 9.17) is 18.9 Å². The maximum atomic E-state index is 12.4. The first-order chi connectivity index (χ1) is 12.8. The lowest BCUT2D eigenvalue weighted by atomic mass is 10.0. The highest BCUT2D eigenvalue weighted by atomic mass is 19.0. The second kappa shape index (κ2) is 7.33. The van der Waals surface area contributed by atoms with Gasteiger partial charge in [0.1, 0.15) is 17.5 Å². The van der Waals surface area contributed by atoms with E-state index in [-0.39, 0.29) is 45.6 Å². The number of hydrogen-bond acceptors (Lipinski definition) is 10. The number of Topliss-reactive ketones (excluding diaryl/α,β-unsaturated/α-hetero) is 2. The third kappa shape index (κ3) is 2.98. The lowest BCUT2D eigenvalue weighted by Crippen LogP contribution is -2.49. The molecule has 152 valence electrons. The minimum atomic E-state index is -2.26. The molecule has 0 radical (unpaired) electrons. The molecule has 0 saturated heterocycles. The number of benzene rings is 1. The largest absolute Gasteiger partial charge is 0.469 e. The van der Waals surface area contributed by atoms with Crippen molar-refractivity contribution in [2.75, 3.05) is 21.0 Å². The minimum absolute atomic E-state index is 0. The molecule has 0 amide bonds. The molecule has 1 aromatic carbocycles. The summed E-state index contributed by atoms with van der Waals surface area (Å²) in [6.45, 7) is 2.28. The van der Waals surface area contributed by atoms with Crippen LogP contribution in [-0.4, -0.2) is 50.3 Å². The van der Waals surface area contributed by atoms with Gasteiger partial charge in [-0.15, -0.1) is 0 Å². The number of methoxy groups -OCH3 is 2. The van der Waals surface area contributed by atoms with Gasteiger partial charge in [0, 0.05) is 0 Å². The molecule has 2 aliphatic rings. The van der Waals surface area contributed by atoms with Crippen LogP contribution in [0.1, 0.15) is 41.0 Å². The first-order valence-electron chi connectivity index (χ1n) is 7.80. The third-order valence-corrected chi connectivity index (χ3v) is 4.07. The summed E-state index contributed by atoms with van der Waals surface area (Å²) >= 11 is 0. The fourth-order valence-electron chi connectivity index (χ4n) is 2.91. The number of esters is 2. The van der Waals surface area contributed by atoms with Crippen LogP contribution in [0.2, 0.25) is 0 Å². The fraction of sp³-hybridized carbons (Fsp3) is 0.412. The molecule has 0 saturated carbocycles. The Kier molecular flexibility index (Phi) is 5.48. The number of ether oxygens (including phenoxy) is 6. The Morgan fingerprint density at radius 3 is 1.68 bits per heavy atom. The van der Waals surface area contributed by atoms with Gasteiger partial charge in [0.2, 0.25) is 6.79 Å². The minimum Gasteiger partial charge on any atom is -0.469 e. The quantitative estimate of drug-likeness (QED) is 0.525. The van der Waals surface area contributed by atoms with Gasteiger partial charge in [-0.2, -0.15) is 0 Å². The summed E-state index contributed by atoms with van der Waals surface area (Å²) in [4.78, 5) is 48.6. The van der Waals surface area contributed by atoms with Gasteiger partial charge < -0.3 is 28.4 Å². The van der Waals surface area contributed by atoms with Crippen LogP contribution in [0.5, 0.6) is 23.0 Å². The Labute approximate surface area is 157 Å². The monoisotopic (exact) mass is 400 g/mol. The number of hydrogen-bond donors (Lipinski definition) is 0. The van der Waals surface area contributed by atoms with Crippen LogP contribution in [0.4, 0.5) is 4.70 Å². The van der Waals surface area contributed by atoms with Crippen LogP contribution in [-0.2, 0) is 19.1 Å². The van der Waals surface area contributed by atoms with Crippen molar-refractivity contribution in [3.8, 4) is 23.0 Å². The molecule has 3 rings (SSSR count). The van der Waals surface area contributed by atoms with Gasteiger partial charge in [0.05, 0.1) is 14.2 Å². The summed E-state index contributed by atoms with van der Waals surface area (Å²) in [6, 6.07) is 0. The Hall–Kier alpha value is -3.37. The molecule has 2 heterocycles. The molecule has 28 heavy (non-hydrogen) atoms. The zero-order valence-electron chi connectivity index (χ0n) is 15.4. The second-order valence-electron chi connectivity index (χ2n) is 5.79. The van der Waals surface area contributed by atoms with Crippen molar-refractivity contribution in [1.82, 2.24) is 0 Å². The molecule has 0 bridgehead atoms. The summed E-state index contributed by atoms with van der Waals surface area (Å²) in [5.41, 5.74) is -0.142. The second-order valence-corrected chi connectivity index (χ2v) is 5.79. The molecule has 0 atom stereocenters. The van der Waals surface area contributed by atoms with E-state index in [1.807, 2.05) is 0 Å². The zero-order chi connectivity index (χ0) is 19.9. The van der Waals surface area contributed by atoms with Gasteiger partial charge in [-0.05, 0) is 13.8 Å². The number of fused-ring (bicyclic) bond motifs is 2. The van der Waals surface area contributed by atoms with E-state index in [1.54, 1.807) is 0 Å². The van der Waals surface area contributed by atoms with Crippen molar-refractivity contribution in [1.29, 1.82) is 0 Å². The molecule has 10 nitrogen and oxygen atoms in total. The van der Waals surface area contributed by atoms with Crippen molar-refractivity contribution in [3.63, 3.8) is 0 Å². The maximum absolute atomic E-state index is 12.4. The standard InChI is InChI=1S/C17H16O10.FH/c1-7(18)10-12-13(25-6-24-12)11(8(2)19)15-14(10)26-17(27-15,16(21)23-4)5-9(20)22-3;/h5-6H2,1-4H3;1H. The van der Waals surface area contributed by atoms with E-state index < -0.39 is 35.7 Å². The van der Waals surface area contributed by atoms with Gasteiger partial charge in [0.15, 0.2) is 34.6 Å². The van der Waals surface area contributed by atoms with Crippen LogP contribution in [0.3, 0.4) is 0 Å². The molecule has 0 aromatic heterocycles. The summed E-state index contributed by atoms with van der Waals surface area (Å²) < 4.78 is 31.2. The SMILES string of the molecule is COC(=O)CC1(C(=O)OC)Oc2c(c(C(C)=O)c3c(c2C(C)=O)OCO3)O1.F. The maximum Gasteiger partial charge on any atom is 0.393 e. The third-order valence-electron chi connectivity index (χ3n) is 4.07. The van der Waals surface area contributed by atoms with E-state index >= 15 is 0 Å². The number of halogens is 1. The molecule has 0 fully saturated rings. The Morgan fingerprint density at radius 1 is 0.857 bits per heavy atom. The van der Waals surface area contributed by atoms with Crippen molar-refractivity contribution in [3.05, 3.63) is 11.1 Å². The van der Waals surface area contributed by atoms with Gasteiger partial charge in [-0.25, -0.2) is 4.79 Å². The molecule has 0 unspecified atom stereocenters. The van der Waals surface area contributed by atoms with Crippen LogP contribution < -0.4 is 18.9 Å². The fourth-order valence-corrected chi connectivity index (χ4v) is 2.91. The van der Waals surface area contributed by atoms with Crippen molar-refractivity contribution < 1.29 is 52.3 Å². The van der Waals surface area contributed by atoms with Gasteiger partial charge in [-0.3, -0.25) is 19.1 Å². The van der Waals surface area contributed by atoms with Gasteiger partial charge in [-0.1, -0.05) is 0 Å². The summed E-state index contributed by atoms with van der Waals surface area (Å²) in [5.74, 6) is -5.48. The van der Waals surface area contributed by atoms with Crippen LogP contribution in [0.25, 0.3) is 0 Å². The predicted molar refractivity (Wildman–Crippen MR) is 87.7 cm³/mol. The van der Waals surface area contributed by atoms with Gasteiger partial charge in [0.25, 0.3) is 0 Å². The van der Waals surface area contributed by atoms with E-state index in [9.17, 15) is 19.2 Å². The number of rotatable bonds is 5. The molecule has 2 aliphatic heterocycles. The van der Waals surface area contributed by atoms with Crippen LogP contribution in [0.15, 0.2) is 0 Å². The van der Waals surface area contributed by atoms with Crippen LogP contribution in [0, 0.1) is 0 Å². The molecule has 0 N–H and O–H groups in total. The normalized spacial score (nSPS) is 14.7. The Balaban J connectivity index is 0.00000280. The highest BCUT2D eigenvalue weighted by Gasteiger charge is 2.56. The van der Waals surface area contributed by atoms with E-state index in [0.717, 1.165) is 14.2 Å². The average molecular weight is 400 g/mol. The predicted octanol–water partition coefficient (Wildman–Crippen LogP) is 1.18. The zero-order valence-corrected chi connectivity index (χ0v) is 15.4. The van der Waals surface area contributed by atoms with E-state index in [1.165, 1.54) is 13.8 Å². The number of ketones is 2. The van der Waals surface area contributed by atoms with E-state index in [0.29, 0.717) is 0 Å². The number of carbonyl (C=O) groups excluding carboxylic acids is 4. The molecule has 11 heteroatoms. The van der Waals surface area contributed by atoms with Crippen LogP contribution >= 0.6 is 0 Å². The molecule has 0 spiro atoms. The lowest BCUT2D eigenvalue weighted by molar-refractivity contribution is -0.187. The van der Waals surface area contributed by atoms with Gasteiger partial charge >= 0.3 is 17.7 Å². The highest BCUT2D eigenvalue weighted by Crippen LogP contribution is 2.56. The highest BCUT2D eigenvalue weighted by molar-refractivity contribution is 6.09. The van der Waals surface area contributed by atoms with Crippen molar-refractivity contribution in [2.24, 2.45) is 0 Å². The summed E-state index contributed by atoms with van der Waals surface area (Å²) in [5, 5.41) is 0. The smallest absolute Gasteiger partial charge is 0.393 e. The lowest BCUT2D eigenvalue weighted by Gasteiger charge is -2.23. The molecule has 0 aliphatic carbocycles.